The van der Waals surface area contributed by atoms with Crippen molar-refractivity contribution in [2.75, 3.05) is 0 Å². The molecule has 0 spiro atoms. The summed E-state index contributed by atoms with van der Waals surface area (Å²) in [6.07, 6.45) is 3.04. The molecule has 2 rings (SSSR count). The minimum Gasteiger partial charge on any atom is -0.325 e. The van der Waals surface area contributed by atoms with Crippen molar-refractivity contribution in [3.05, 3.63) is 47.5 Å². The molecule has 1 heterocycles. The van der Waals surface area contributed by atoms with Crippen LogP contribution in [0.5, 0.6) is 0 Å². The molecule has 84 valence electrons. The monoisotopic (exact) mass is 215 g/mol. The normalized spacial score (nSPS) is 10.7. The van der Waals surface area contributed by atoms with Crippen molar-refractivity contribution in [2.24, 2.45) is 5.73 Å². The smallest absolute Gasteiger partial charge is 0.110 e. The predicted octanol–water partition coefficient (Wildman–Crippen LogP) is 2.20. The molecule has 0 saturated carbocycles. The van der Waals surface area contributed by atoms with Gasteiger partial charge in [-0.05, 0) is 25.0 Å². The zero-order valence-electron chi connectivity index (χ0n) is 9.77. The minimum atomic E-state index is 0.488. The van der Waals surface area contributed by atoms with Crippen LogP contribution in [-0.4, -0.2) is 9.55 Å². The Hall–Kier alpha value is -1.61. The van der Waals surface area contributed by atoms with E-state index in [1.807, 2.05) is 13.1 Å². The summed E-state index contributed by atoms with van der Waals surface area (Å²) in [5.41, 5.74) is 9.07. The number of benzene rings is 1. The molecule has 2 N–H and O–H groups in total. The van der Waals surface area contributed by atoms with Gasteiger partial charge in [-0.3, -0.25) is 0 Å². The molecule has 0 bridgehead atoms. The van der Waals surface area contributed by atoms with Gasteiger partial charge in [-0.15, -0.1) is 0 Å². The molecule has 1 aromatic heterocycles. The lowest BCUT2D eigenvalue weighted by molar-refractivity contribution is 0.945. The molecular formula is C13H17N3. The molecular weight excluding hydrogens is 198 g/mol. The second-order valence-electron chi connectivity index (χ2n) is 3.84. The minimum absolute atomic E-state index is 0.488. The average Bonchev–Trinajstić information content (AvgIpc) is 2.70. The number of para-hydroxylation sites is 1. The standard InChI is InChI=1S/C13H17N3/c1-3-11-6-4-5-7-13(11)16-9-12(8-14)15-10(16)2/h4-7,9H,3,8,14H2,1-2H3. The fourth-order valence-corrected chi connectivity index (χ4v) is 1.92. The van der Waals surface area contributed by atoms with E-state index in [1.54, 1.807) is 0 Å². The van der Waals surface area contributed by atoms with E-state index in [0.717, 1.165) is 17.9 Å². The summed E-state index contributed by atoms with van der Waals surface area (Å²) in [6.45, 7) is 4.66. The van der Waals surface area contributed by atoms with Gasteiger partial charge in [0.15, 0.2) is 0 Å². The van der Waals surface area contributed by atoms with Gasteiger partial charge in [0.2, 0.25) is 0 Å². The number of hydrogen-bond donors (Lipinski definition) is 1. The van der Waals surface area contributed by atoms with Crippen LogP contribution >= 0.6 is 0 Å². The van der Waals surface area contributed by atoms with Gasteiger partial charge < -0.3 is 10.3 Å². The molecule has 0 atom stereocenters. The Morgan fingerprint density at radius 3 is 2.69 bits per heavy atom. The molecule has 2 aromatic rings. The van der Waals surface area contributed by atoms with E-state index in [0.29, 0.717) is 6.54 Å². The van der Waals surface area contributed by atoms with Gasteiger partial charge in [-0.25, -0.2) is 4.98 Å². The number of aromatic nitrogens is 2. The third kappa shape index (κ3) is 1.86. The van der Waals surface area contributed by atoms with Crippen molar-refractivity contribution < 1.29 is 0 Å². The summed E-state index contributed by atoms with van der Waals surface area (Å²) >= 11 is 0. The Bertz CT molecular complexity index is 486. The van der Waals surface area contributed by atoms with Crippen LogP contribution in [0.2, 0.25) is 0 Å². The number of hydrogen-bond acceptors (Lipinski definition) is 2. The molecule has 0 radical (unpaired) electrons. The summed E-state index contributed by atoms with van der Waals surface area (Å²) in [5.74, 6) is 0.987. The summed E-state index contributed by atoms with van der Waals surface area (Å²) in [4.78, 5) is 4.42. The van der Waals surface area contributed by atoms with Crippen LogP contribution in [-0.2, 0) is 13.0 Å². The quantitative estimate of drug-likeness (QED) is 0.853. The Morgan fingerprint density at radius 2 is 2.06 bits per heavy atom. The van der Waals surface area contributed by atoms with Gasteiger partial charge in [-0.2, -0.15) is 0 Å². The number of imidazole rings is 1. The van der Waals surface area contributed by atoms with E-state index < -0.39 is 0 Å². The lowest BCUT2D eigenvalue weighted by Crippen LogP contribution is -1.99. The molecule has 0 aliphatic carbocycles. The molecule has 0 aliphatic rings. The zero-order valence-corrected chi connectivity index (χ0v) is 9.77. The van der Waals surface area contributed by atoms with Crippen LogP contribution in [0, 0.1) is 6.92 Å². The first-order chi connectivity index (χ1) is 7.76. The number of nitrogens with two attached hydrogens (primary N) is 1. The maximum absolute atomic E-state index is 5.60. The van der Waals surface area contributed by atoms with Crippen molar-refractivity contribution in [3.63, 3.8) is 0 Å². The molecule has 0 aliphatic heterocycles. The van der Waals surface area contributed by atoms with Crippen LogP contribution in [0.4, 0.5) is 0 Å². The predicted molar refractivity (Wildman–Crippen MR) is 65.6 cm³/mol. The van der Waals surface area contributed by atoms with E-state index in [4.69, 9.17) is 5.73 Å². The Kier molecular flexibility index (Phi) is 3.06. The molecule has 0 fully saturated rings. The average molecular weight is 215 g/mol. The highest BCUT2D eigenvalue weighted by atomic mass is 15.1. The Labute approximate surface area is 95.9 Å². The van der Waals surface area contributed by atoms with E-state index >= 15 is 0 Å². The molecule has 0 unspecified atom stereocenters. The lowest BCUT2D eigenvalue weighted by atomic mass is 10.1. The molecule has 0 saturated heterocycles. The van der Waals surface area contributed by atoms with Crippen molar-refractivity contribution in [2.45, 2.75) is 26.8 Å². The van der Waals surface area contributed by atoms with E-state index in [1.165, 1.54) is 11.3 Å². The topological polar surface area (TPSA) is 43.8 Å². The Morgan fingerprint density at radius 1 is 1.31 bits per heavy atom. The summed E-state index contributed by atoms with van der Waals surface area (Å²) in [5, 5.41) is 0. The van der Waals surface area contributed by atoms with Crippen LogP contribution in [0.15, 0.2) is 30.5 Å². The molecule has 1 aromatic carbocycles. The maximum atomic E-state index is 5.60. The molecule has 0 amide bonds. The first-order valence-electron chi connectivity index (χ1n) is 5.59. The van der Waals surface area contributed by atoms with Gasteiger partial charge in [0.1, 0.15) is 5.82 Å². The molecule has 16 heavy (non-hydrogen) atoms. The Balaban J connectivity index is 2.53. The van der Waals surface area contributed by atoms with Crippen molar-refractivity contribution in [1.82, 2.24) is 9.55 Å². The van der Waals surface area contributed by atoms with Crippen molar-refractivity contribution in [1.29, 1.82) is 0 Å². The van der Waals surface area contributed by atoms with E-state index in [2.05, 4.69) is 40.7 Å². The summed E-state index contributed by atoms with van der Waals surface area (Å²) in [6, 6.07) is 8.39. The zero-order chi connectivity index (χ0) is 11.5. The van der Waals surface area contributed by atoms with Gasteiger partial charge in [0.05, 0.1) is 5.69 Å². The second-order valence-corrected chi connectivity index (χ2v) is 3.84. The van der Waals surface area contributed by atoms with E-state index in [9.17, 15) is 0 Å². The van der Waals surface area contributed by atoms with Gasteiger partial charge in [0.25, 0.3) is 0 Å². The van der Waals surface area contributed by atoms with Crippen molar-refractivity contribution >= 4 is 0 Å². The summed E-state index contributed by atoms with van der Waals surface area (Å²) in [7, 11) is 0. The summed E-state index contributed by atoms with van der Waals surface area (Å²) < 4.78 is 2.11. The van der Waals surface area contributed by atoms with Gasteiger partial charge >= 0.3 is 0 Å². The third-order valence-corrected chi connectivity index (χ3v) is 2.77. The highest BCUT2D eigenvalue weighted by Crippen LogP contribution is 2.17. The number of nitrogens with zero attached hydrogens (tertiary/aromatic N) is 2. The van der Waals surface area contributed by atoms with Crippen LogP contribution in [0.3, 0.4) is 0 Å². The first-order valence-corrected chi connectivity index (χ1v) is 5.59. The fraction of sp³-hybridized carbons (Fsp3) is 0.308. The largest absolute Gasteiger partial charge is 0.325 e. The van der Waals surface area contributed by atoms with Crippen LogP contribution < -0.4 is 5.73 Å². The van der Waals surface area contributed by atoms with Crippen LogP contribution in [0.1, 0.15) is 24.0 Å². The highest BCUT2D eigenvalue weighted by Gasteiger charge is 2.07. The lowest BCUT2D eigenvalue weighted by Gasteiger charge is -2.09. The first kappa shape index (κ1) is 10.9. The van der Waals surface area contributed by atoms with Crippen molar-refractivity contribution in [3.8, 4) is 5.69 Å². The molecule has 3 nitrogen and oxygen atoms in total. The number of rotatable bonds is 3. The highest BCUT2D eigenvalue weighted by molar-refractivity contribution is 5.42. The molecule has 3 heteroatoms. The SMILES string of the molecule is CCc1ccccc1-n1cc(CN)nc1C. The van der Waals surface area contributed by atoms with E-state index in [-0.39, 0.29) is 0 Å². The third-order valence-electron chi connectivity index (χ3n) is 2.77. The maximum Gasteiger partial charge on any atom is 0.110 e. The fourth-order valence-electron chi connectivity index (χ4n) is 1.92. The van der Waals surface area contributed by atoms with Crippen LogP contribution in [0.25, 0.3) is 5.69 Å². The second kappa shape index (κ2) is 4.49. The number of aryl methyl sites for hydroxylation is 2. The van der Waals surface area contributed by atoms with Gasteiger partial charge in [-0.1, -0.05) is 25.1 Å². The van der Waals surface area contributed by atoms with Gasteiger partial charge in [0, 0.05) is 18.4 Å².